The fraction of sp³-hybridized carbons (Fsp3) is 1.00. The number of hydrogen-bond donors (Lipinski definition) is 0. The Kier molecular flexibility index (Phi) is 2.88. The van der Waals surface area contributed by atoms with Crippen molar-refractivity contribution in [3.05, 3.63) is 0 Å². The number of halogens is 3. The van der Waals surface area contributed by atoms with Gasteiger partial charge in [0.25, 0.3) is 0 Å². The number of alkyl halides is 3. The normalized spacial score (nSPS) is 23.7. The third-order valence-corrected chi connectivity index (χ3v) is 9.32. The molecule has 0 N–H and O–H groups in total. The van der Waals surface area contributed by atoms with Gasteiger partial charge in [-0.05, 0) is 0 Å². The van der Waals surface area contributed by atoms with E-state index >= 15 is 0 Å². The summed E-state index contributed by atoms with van der Waals surface area (Å²) >= 11 is -1.73. The fourth-order valence-electron chi connectivity index (χ4n) is 1.19. The maximum absolute atomic E-state index is 11.8. The van der Waals surface area contributed by atoms with Crippen LogP contribution in [0.15, 0.2) is 0 Å². The molecular weight excluding hydrogens is 257 g/mol. The summed E-state index contributed by atoms with van der Waals surface area (Å²) in [5, 5.41) is 0. The average molecular weight is 268 g/mol. The molecule has 1 rings (SSSR count). The molecule has 1 heterocycles. The van der Waals surface area contributed by atoms with E-state index in [0.717, 1.165) is 21.8 Å². The molecule has 0 radical (unpaired) electrons. The molecule has 0 bridgehead atoms. The van der Waals surface area contributed by atoms with Gasteiger partial charge in [-0.15, -0.1) is 0 Å². The Bertz CT molecular complexity index is 104. The molecule has 0 aliphatic carbocycles. The van der Waals surface area contributed by atoms with Gasteiger partial charge in [-0.25, -0.2) is 0 Å². The molecule has 0 spiro atoms. The molecule has 0 unspecified atom stereocenters. The van der Waals surface area contributed by atoms with E-state index in [1.54, 1.807) is 0 Å². The van der Waals surface area contributed by atoms with Gasteiger partial charge in [0.05, 0.1) is 0 Å². The SMILES string of the molecule is FC(F)(F)C[TeH]1CCCC1. The molecule has 1 saturated heterocycles. The molecule has 0 aromatic carbocycles. The van der Waals surface area contributed by atoms with Crippen LogP contribution in [-0.4, -0.2) is 25.7 Å². The van der Waals surface area contributed by atoms with Crippen LogP contribution in [0.5, 0.6) is 0 Å². The van der Waals surface area contributed by atoms with Gasteiger partial charge in [0.15, 0.2) is 0 Å². The Morgan fingerprint density at radius 1 is 1.10 bits per heavy atom. The summed E-state index contributed by atoms with van der Waals surface area (Å²) in [6.07, 6.45) is -1.72. The molecule has 0 atom stereocenters. The topological polar surface area (TPSA) is 0 Å². The Balaban J connectivity index is 2.24. The van der Waals surface area contributed by atoms with Crippen molar-refractivity contribution in [3.8, 4) is 0 Å². The number of hydrogen-bond acceptors (Lipinski definition) is 0. The first-order valence-electron chi connectivity index (χ1n) is 3.37. The molecule has 10 heavy (non-hydrogen) atoms. The second-order valence-electron chi connectivity index (χ2n) is 2.60. The van der Waals surface area contributed by atoms with Crippen LogP contribution >= 0.6 is 0 Å². The van der Waals surface area contributed by atoms with Crippen molar-refractivity contribution >= 4 is 19.6 Å². The molecule has 0 aromatic rings. The fourth-order valence-corrected chi connectivity index (χ4v) is 8.01. The van der Waals surface area contributed by atoms with Crippen LogP contribution in [-0.2, 0) is 0 Å². The van der Waals surface area contributed by atoms with Crippen LogP contribution in [0.2, 0.25) is 13.4 Å². The van der Waals surface area contributed by atoms with Crippen molar-refractivity contribution in [3.63, 3.8) is 0 Å². The summed E-state index contributed by atoms with van der Waals surface area (Å²) in [5.74, 6) is 0. The monoisotopic (exact) mass is 270 g/mol. The summed E-state index contributed by atoms with van der Waals surface area (Å²) in [5.41, 5.74) is 0. The van der Waals surface area contributed by atoms with Gasteiger partial charge in [0.2, 0.25) is 0 Å². The van der Waals surface area contributed by atoms with Gasteiger partial charge in [-0.1, -0.05) is 0 Å². The van der Waals surface area contributed by atoms with Crippen molar-refractivity contribution in [1.82, 2.24) is 0 Å². The Morgan fingerprint density at radius 3 is 2.00 bits per heavy atom. The van der Waals surface area contributed by atoms with Crippen LogP contribution in [0.1, 0.15) is 12.8 Å². The Labute approximate surface area is 65.4 Å². The summed E-state index contributed by atoms with van der Waals surface area (Å²) < 4.78 is 36.8. The molecule has 1 aliphatic rings. The van der Waals surface area contributed by atoms with Crippen molar-refractivity contribution in [2.75, 3.05) is 0 Å². The predicted molar refractivity (Wildman–Crippen MR) is 36.9 cm³/mol. The first kappa shape index (κ1) is 8.67. The summed E-state index contributed by atoms with van der Waals surface area (Å²) in [6, 6.07) is 0. The van der Waals surface area contributed by atoms with Crippen LogP contribution < -0.4 is 0 Å². The van der Waals surface area contributed by atoms with Gasteiger partial charge in [0, 0.05) is 0 Å². The molecule has 0 nitrogen and oxygen atoms in total. The quantitative estimate of drug-likeness (QED) is 0.641. The minimum atomic E-state index is -3.85. The van der Waals surface area contributed by atoms with Crippen LogP contribution in [0.4, 0.5) is 13.2 Å². The zero-order chi connectivity index (χ0) is 7.61. The van der Waals surface area contributed by atoms with Crippen molar-refractivity contribution in [1.29, 1.82) is 0 Å². The van der Waals surface area contributed by atoms with Crippen molar-refractivity contribution < 1.29 is 13.2 Å². The van der Waals surface area contributed by atoms with E-state index in [9.17, 15) is 13.2 Å². The molecular formula is C6H11F3Te. The predicted octanol–water partition coefficient (Wildman–Crippen LogP) is 2.57. The van der Waals surface area contributed by atoms with Crippen LogP contribution in [0, 0.1) is 0 Å². The standard InChI is InChI=1S/C6H11F3Te/c7-6(8,9)5-10-3-1-2-4-10/h10H,1-5H2. The molecule has 4 heteroatoms. The average Bonchev–Trinajstić information content (AvgIpc) is 2.12. The summed E-state index contributed by atoms with van der Waals surface area (Å²) in [7, 11) is 0. The third kappa shape index (κ3) is 3.11. The number of rotatable bonds is 1. The van der Waals surface area contributed by atoms with Crippen molar-refractivity contribution in [2.24, 2.45) is 0 Å². The third-order valence-electron chi connectivity index (χ3n) is 1.60. The first-order valence-corrected chi connectivity index (χ1v) is 8.78. The molecule has 1 fully saturated rings. The van der Waals surface area contributed by atoms with Crippen LogP contribution in [0.3, 0.4) is 0 Å². The van der Waals surface area contributed by atoms with Gasteiger partial charge in [-0.2, -0.15) is 0 Å². The summed E-state index contributed by atoms with van der Waals surface area (Å²) in [4.78, 5) is 0. The molecule has 1 aliphatic heterocycles. The Morgan fingerprint density at radius 2 is 1.60 bits per heavy atom. The van der Waals surface area contributed by atoms with Crippen LogP contribution in [0.25, 0.3) is 0 Å². The second-order valence-corrected chi connectivity index (χ2v) is 9.88. The van der Waals surface area contributed by atoms with E-state index in [4.69, 9.17) is 0 Å². The van der Waals surface area contributed by atoms with E-state index in [2.05, 4.69) is 0 Å². The Hall–Kier alpha value is 0.580. The van der Waals surface area contributed by atoms with E-state index in [1.807, 2.05) is 0 Å². The molecule has 0 aromatic heterocycles. The molecule has 0 amide bonds. The zero-order valence-electron chi connectivity index (χ0n) is 5.62. The molecule has 62 valence electrons. The van der Waals surface area contributed by atoms with E-state index < -0.39 is 25.7 Å². The van der Waals surface area contributed by atoms with Gasteiger partial charge < -0.3 is 0 Å². The maximum atomic E-state index is 11.8. The summed E-state index contributed by atoms with van der Waals surface area (Å²) in [6.45, 7) is 0. The van der Waals surface area contributed by atoms with Gasteiger partial charge >= 0.3 is 65.1 Å². The van der Waals surface area contributed by atoms with Crippen molar-refractivity contribution in [2.45, 2.75) is 32.4 Å². The first-order chi connectivity index (χ1) is 4.58. The van der Waals surface area contributed by atoms with E-state index in [-0.39, 0.29) is 4.47 Å². The van der Waals surface area contributed by atoms with Gasteiger partial charge in [-0.3, -0.25) is 0 Å². The zero-order valence-corrected chi connectivity index (χ0v) is 8.17. The van der Waals surface area contributed by atoms with E-state index in [1.165, 1.54) is 0 Å². The second kappa shape index (κ2) is 3.32. The van der Waals surface area contributed by atoms with Gasteiger partial charge in [0.1, 0.15) is 0 Å². The molecule has 0 saturated carbocycles. The minimum absolute atomic E-state index is 0.379. The van der Waals surface area contributed by atoms with E-state index in [0.29, 0.717) is 0 Å².